The Kier molecular flexibility index (Phi) is 3.17. The van der Waals surface area contributed by atoms with Gasteiger partial charge >= 0.3 is 0 Å². The standard InChI is InChI=1S/C11H13BrO3/c1-7(13)4-8-5-10-11(6-9(8)12)15-3-2-14-10/h5-7,13H,2-4H2,1H3. The number of ether oxygens (including phenoxy) is 2. The Morgan fingerprint density at radius 1 is 1.33 bits per heavy atom. The number of hydrogen-bond acceptors (Lipinski definition) is 3. The largest absolute Gasteiger partial charge is 0.486 e. The van der Waals surface area contributed by atoms with Crippen molar-refractivity contribution in [2.45, 2.75) is 19.4 Å². The minimum atomic E-state index is -0.358. The van der Waals surface area contributed by atoms with Crippen molar-refractivity contribution in [3.05, 3.63) is 22.2 Å². The SMILES string of the molecule is CC(O)Cc1cc2c(cc1Br)OCCO2. The average molecular weight is 273 g/mol. The minimum absolute atomic E-state index is 0.358. The van der Waals surface area contributed by atoms with Gasteiger partial charge in [-0.15, -0.1) is 0 Å². The second-order valence-electron chi connectivity index (χ2n) is 3.64. The normalized spacial score (nSPS) is 16.2. The van der Waals surface area contributed by atoms with E-state index in [4.69, 9.17) is 9.47 Å². The number of fused-ring (bicyclic) bond motifs is 1. The first kappa shape index (κ1) is 10.8. The fourth-order valence-corrected chi connectivity index (χ4v) is 2.07. The number of aliphatic hydroxyl groups excluding tert-OH is 1. The lowest BCUT2D eigenvalue weighted by Gasteiger charge is -2.20. The van der Waals surface area contributed by atoms with Crippen molar-refractivity contribution in [1.82, 2.24) is 0 Å². The Morgan fingerprint density at radius 3 is 2.53 bits per heavy atom. The molecule has 0 saturated carbocycles. The van der Waals surface area contributed by atoms with Crippen LogP contribution in [0.2, 0.25) is 0 Å². The molecule has 0 bridgehead atoms. The van der Waals surface area contributed by atoms with Gasteiger partial charge in [-0.1, -0.05) is 15.9 Å². The molecule has 0 radical (unpaired) electrons. The summed E-state index contributed by atoms with van der Waals surface area (Å²) in [6.45, 7) is 2.95. The van der Waals surface area contributed by atoms with Crippen molar-refractivity contribution >= 4 is 15.9 Å². The van der Waals surface area contributed by atoms with Gasteiger partial charge in [0, 0.05) is 4.47 Å². The van der Waals surface area contributed by atoms with Crippen molar-refractivity contribution in [3.63, 3.8) is 0 Å². The van der Waals surface area contributed by atoms with Crippen molar-refractivity contribution < 1.29 is 14.6 Å². The molecular weight excluding hydrogens is 260 g/mol. The van der Waals surface area contributed by atoms with E-state index in [1.165, 1.54) is 0 Å². The van der Waals surface area contributed by atoms with E-state index in [1.54, 1.807) is 6.92 Å². The van der Waals surface area contributed by atoms with E-state index in [0.717, 1.165) is 21.5 Å². The van der Waals surface area contributed by atoms with Crippen LogP contribution in [0.5, 0.6) is 11.5 Å². The van der Waals surface area contributed by atoms with E-state index in [-0.39, 0.29) is 6.10 Å². The van der Waals surface area contributed by atoms with Crippen LogP contribution in [0.1, 0.15) is 12.5 Å². The lowest BCUT2D eigenvalue weighted by molar-refractivity contribution is 0.170. The molecule has 0 aliphatic carbocycles. The Labute approximate surface area is 97.1 Å². The molecule has 1 unspecified atom stereocenters. The van der Waals surface area contributed by atoms with Crippen LogP contribution in [0.4, 0.5) is 0 Å². The zero-order chi connectivity index (χ0) is 10.8. The van der Waals surface area contributed by atoms with Crippen LogP contribution >= 0.6 is 15.9 Å². The molecule has 15 heavy (non-hydrogen) atoms. The molecule has 0 spiro atoms. The van der Waals surface area contributed by atoms with Gasteiger partial charge in [0.15, 0.2) is 11.5 Å². The van der Waals surface area contributed by atoms with Crippen LogP contribution in [0.15, 0.2) is 16.6 Å². The van der Waals surface area contributed by atoms with Gasteiger partial charge in [0.25, 0.3) is 0 Å². The van der Waals surface area contributed by atoms with Crippen LogP contribution in [-0.2, 0) is 6.42 Å². The summed E-state index contributed by atoms with van der Waals surface area (Å²) < 4.78 is 11.9. The zero-order valence-corrected chi connectivity index (χ0v) is 10.1. The van der Waals surface area contributed by atoms with Gasteiger partial charge in [-0.25, -0.2) is 0 Å². The van der Waals surface area contributed by atoms with Crippen molar-refractivity contribution in [3.8, 4) is 11.5 Å². The summed E-state index contributed by atoms with van der Waals surface area (Å²) in [5.74, 6) is 1.53. The lowest BCUT2D eigenvalue weighted by atomic mass is 10.1. The molecule has 1 N–H and O–H groups in total. The third-order valence-electron chi connectivity index (χ3n) is 2.23. The molecule has 1 aliphatic heterocycles. The highest BCUT2D eigenvalue weighted by molar-refractivity contribution is 9.10. The minimum Gasteiger partial charge on any atom is -0.486 e. The number of rotatable bonds is 2. The molecule has 0 saturated heterocycles. The van der Waals surface area contributed by atoms with Gasteiger partial charge in [0.05, 0.1) is 6.10 Å². The van der Waals surface area contributed by atoms with E-state index in [2.05, 4.69) is 15.9 Å². The molecule has 1 atom stereocenters. The first-order valence-corrected chi connectivity index (χ1v) is 5.72. The first-order valence-electron chi connectivity index (χ1n) is 4.93. The highest BCUT2D eigenvalue weighted by atomic mass is 79.9. The summed E-state index contributed by atoms with van der Waals surface area (Å²) >= 11 is 3.46. The molecule has 0 amide bonds. The van der Waals surface area contributed by atoms with Gasteiger partial charge < -0.3 is 14.6 Å². The fourth-order valence-electron chi connectivity index (χ4n) is 1.58. The molecule has 82 valence electrons. The number of hydrogen-bond donors (Lipinski definition) is 1. The van der Waals surface area contributed by atoms with Crippen LogP contribution in [0.3, 0.4) is 0 Å². The maximum atomic E-state index is 9.34. The highest BCUT2D eigenvalue weighted by Crippen LogP contribution is 2.35. The van der Waals surface area contributed by atoms with Crippen molar-refractivity contribution in [2.75, 3.05) is 13.2 Å². The van der Waals surface area contributed by atoms with E-state index in [9.17, 15) is 5.11 Å². The molecule has 2 rings (SSSR count). The summed E-state index contributed by atoms with van der Waals surface area (Å²) in [5, 5.41) is 9.34. The van der Waals surface area contributed by atoms with E-state index in [1.807, 2.05) is 12.1 Å². The predicted molar refractivity (Wildman–Crippen MR) is 60.5 cm³/mol. The predicted octanol–water partition coefficient (Wildman–Crippen LogP) is 2.14. The first-order chi connectivity index (χ1) is 7.16. The zero-order valence-electron chi connectivity index (χ0n) is 8.50. The van der Waals surface area contributed by atoms with Crippen LogP contribution in [-0.4, -0.2) is 24.4 Å². The Balaban J connectivity index is 2.32. The molecule has 1 aromatic carbocycles. The molecule has 3 nitrogen and oxygen atoms in total. The summed E-state index contributed by atoms with van der Waals surface area (Å²) in [5.41, 5.74) is 1.04. The Bertz CT molecular complexity index is 363. The fraction of sp³-hybridized carbons (Fsp3) is 0.455. The van der Waals surface area contributed by atoms with E-state index >= 15 is 0 Å². The Morgan fingerprint density at radius 2 is 1.93 bits per heavy atom. The maximum Gasteiger partial charge on any atom is 0.162 e. The van der Waals surface area contributed by atoms with Gasteiger partial charge in [-0.3, -0.25) is 0 Å². The van der Waals surface area contributed by atoms with Gasteiger partial charge in [-0.05, 0) is 31.0 Å². The molecule has 1 aliphatic rings. The molecule has 4 heteroatoms. The topological polar surface area (TPSA) is 38.7 Å². The van der Waals surface area contributed by atoms with Crippen molar-refractivity contribution in [2.24, 2.45) is 0 Å². The van der Waals surface area contributed by atoms with Gasteiger partial charge in [0.1, 0.15) is 13.2 Å². The smallest absolute Gasteiger partial charge is 0.162 e. The van der Waals surface area contributed by atoms with Gasteiger partial charge in [0.2, 0.25) is 0 Å². The van der Waals surface area contributed by atoms with E-state index < -0.39 is 0 Å². The third-order valence-corrected chi connectivity index (χ3v) is 2.96. The Hall–Kier alpha value is -0.740. The summed E-state index contributed by atoms with van der Waals surface area (Å²) in [7, 11) is 0. The maximum absolute atomic E-state index is 9.34. The third kappa shape index (κ3) is 2.44. The lowest BCUT2D eigenvalue weighted by Crippen LogP contribution is -2.16. The summed E-state index contributed by atoms with van der Waals surface area (Å²) in [4.78, 5) is 0. The second kappa shape index (κ2) is 4.41. The van der Waals surface area contributed by atoms with Gasteiger partial charge in [-0.2, -0.15) is 0 Å². The summed E-state index contributed by atoms with van der Waals surface area (Å²) in [6.07, 6.45) is 0.251. The number of aliphatic hydroxyl groups is 1. The van der Waals surface area contributed by atoms with Crippen molar-refractivity contribution in [1.29, 1.82) is 0 Å². The average Bonchev–Trinajstić information content (AvgIpc) is 2.18. The monoisotopic (exact) mass is 272 g/mol. The molecule has 1 aromatic rings. The van der Waals surface area contributed by atoms with Crippen LogP contribution < -0.4 is 9.47 Å². The molecular formula is C11H13BrO3. The van der Waals surface area contributed by atoms with E-state index in [0.29, 0.717) is 19.6 Å². The number of benzene rings is 1. The van der Waals surface area contributed by atoms with Crippen LogP contribution in [0, 0.1) is 0 Å². The number of halogens is 1. The van der Waals surface area contributed by atoms with Crippen LogP contribution in [0.25, 0.3) is 0 Å². The quantitative estimate of drug-likeness (QED) is 0.897. The molecule has 0 fully saturated rings. The molecule has 0 aromatic heterocycles. The summed E-state index contributed by atoms with van der Waals surface area (Å²) in [6, 6.07) is 3.82. The molecule has 1 heterocycles. The highest BCUT2D eigenvalue weighted by Gasteiger charge is 2.15. The second-order valence-corrected chi connectivity index (χ2v) is 4.49.